The van der Waals surface area contributed by atoms with Crippen molar-refractivity contribution in [1.29, 1.82) is 0 Å². The van der Waals surface area contributed by atoms with E-state index in [2.05, 4.69) is 9.88 Å². The van der Waals surface area contributed by atoms with Crippen LogP contribution in [0.1, 0.15) is 16.2 Å². The van der Waals surface area contributed by atoms with Crippen molar-refractivity contribution < 1.29 is 14.3 Å². The Bertz CT molecular complexity index is 835. The largest absolute Gasteiger partial charge is 0.379 e. The molecule has 0 atom stereocenters. The van der Waals surface area contributed by atoms with Crippen LogP contribution in [-0.2, 0) is 9.53 Å². The Kier molecular flexibility index (Phi) is 5.09. The molecule has 2 aromatic rings. The lowest BCUT2D eigenvalue weighted by atomic mass is 10.2. The Labute approximate surface area is 158 Å². The number of hydrogen-bond acceptors (Lipinski definition) is 5. The van der Waals surface area contributed by atoms with E-state index in [1.165, 1.54) is 0 Å². The molecule has 4 heterocycles. The summed E-state index contributed by atoms with van der Waals surface area (Å²) in [5, 5.41) is 0. The zero-order valence-corrected chi connectivity index (χ0v) is 15.6. The van der Waals surface area contributed by atoms with Gasteiger partial charge >= 0.3 is 0 Å². The van der Waals surface area contributed by atoms with E-state index in [4.69, 9.17) is 4.74 Å². The molecule has 8 heteroatoms. The van der Waals surface area contributed by atoms with Crippen LogP contribution in [0.15, 0.2) is 24.4 Å². The molecule has 0 unspecified atom stereocenters. The van der Waals surface area contributed by atoms with E-state index in [1.807, 2.05) is 34.4 Å². The zero-order chi connectivity index (χ0) is 18.8. The molecule has 2 aliphatic heterocycles. The van der Waals surface area contributed by atoms with Crippen molar-refractivity contribution in [2.24, 2.45) is 0 Å². The molecule has 0 spiro atoms. The lowest BCUT2D eigenvalue weighted by Crippen LogP contribution is -2.53. The topological polar surface area (TPSA) is 70.4 Å². The molecule has 0 aromatic carbocycles. The molecule has 2 amide bonds. The molecule has 27 heavy (non-hydrogen) atoms. The van der Waals surface area contributed by atoms with E-state index in [0.29, 0.717) is 51.6 Å². The van der Waals surface area contributed by atoms with Crippen molar-refractivity contribution in [3.63, 3.8) is 0 Å². The first-order valence-electron chi connectivity index (χ1n) is 9.44. The highest BCUT2D eigenvalue weighted by Gasteiger charge is 2.27. The van der Waals surface area contributed by atoms with Gasteiger partial charge in [-0.1, -0.05) is 6.07 Å². The monoisotopic (exact) mass is 371 g/mol. The van der Waals surface area contributed by atoms with Crippen LogP contribution in [0.25, 0.3) is 5.65 Å². The molecule has 2 aromatic heterocycles. The number of aryl methyl sites for hydroxylation is 1. The van der Waals surface area contributed by atoms with E-state index >= 15 is 0 Å². The number of rotatable bonds is 3. The third-order valence-electron chi connectivity index (χ3n) is 5.30. The van der Waals surface area contributed by atoms with Crippen LogP contribution >= 0.6 is 0 Å². The fourth-order valence-corrected chi connectivity index (χ4v) is 3.62. The highest BCUT2D eigenvalue weighted by molar-refractivity contribution is 5.93. The van der Waals surface area contributed by atoms with Gasteiger partial charge in [0.25, 0.3) is 5.91 Å². The van der Waals surface area contributed by atoms with Crippen molar-refractivity contribution in [2.75, 3.05) is 59.0 Å². The first kappa shape index (κ1) is 17.9. The van der Waals surface area contributed by atoms with Gasteiger partial charge in [0.1, 0.15) is 11.3 Å². The number of carbonyl (C=O) groups is 2. The predicted molar refractivity (Wildman–Crippen MR) is 99.7 cm³/mol. The van der Waals surface area contributed by atoms with Gasteiger partial charge in [-0.3, -0.25) is 14.5 Å². The van der Waals surface area contributed by atoms with Crippen LogP contribution in [0.5, 0.6) is 0 Å². The molecule has 2 fully saturated rings. The van der Waals surface area contributed by atoms with Crippen LogP contribution in [-0.4, -0.2) is 94.9 Å². The third kappa shape index (κ3) is 3.81. The van der Waals surface area contributed by atoms with Crippen LogP contribution < -0.4 is 0 Å². The maximum atomic E-state index is 12.8. The normalized spacial score (nSPS) is 18.9. The van der Waals surface area contributed by atoms with E-state index in [1.54, 1.807) is 11.1 Å². The van der Waals surface area contributed by atoms with Crippen molar-refractivity contribution in [2.45, 2.75) is 6.92 Å². The van der Waals surface area contributed by atoms with E-state index < -0.39 is 0 Å². The molecule has 144 valence electrons. The van der Waals surface area contributed by atoms with Gasteiger partial charge in [-0.25, -0.2) is 4.98 Å². The Balaban J connectivity index is 1.34. The van der Waals surface area contributed by atoms with Gasteiger partial charge in [0, 0.05) is 51.2 Å². The van der Waals surface area contributed by atoms with Gasteiger partial charge in [-0.15, -0.1) is 0 Å². The maximum absolute atomic E-state index is 12.8. The molecule has 0 N–H and O–H groups in total. The minimum absolute atomic E-state index is 0.0709. The summed E-state index contributed by atoms with van der Waals surface area (Å²) < 4.78 is 7.25. The summed E-state index contributed by atoms with van der Waals surface area (Å²) >= 11 is 0. The van der Waals surface area contributed by atoms with E-state index in [-0.39, 0.29) is 11.8 Å². The number of pyridine rings is 1. The van der Waals surface area contributed by atoms with E-state index in [0.717, 1.165) is 24.4 Å². The summed E-state index contributed by atoms with van der Waals surface area (Å²) in [6.07, 6.45) is 1.79. The Morgan fingerprint density at radius 3 is 2.44 bits per heavy atom. The number of fused-ring (bicyclic) bond motifs is 1. The molecule has 0 bridgehead atoms. The second-order valence-electron chi connectivity index (χ2n) is 7.08. The third-order valence-corrected chi connectivity index (χ3v) is 5.30. The summed E-state index contributed by atoms with van der Waals surface area (Å²) in [6.45, 7) is 7.63. The van der Waals surface area contributed by atoms with Gasteiger partial charge in [0.05, 0.1) is 19.8 Å². The number of morpholine rings is 1. The van der Waals surface area contributed by atoms with Crippen molar-refractivity contribution >= 4 is 17.5 Å². The summed E-state index contributed by atoms with van der Waals surface area (Å²) in [4.78, 5) is 35.5. The van der Waals surface area contributed by atoms with Crippen LogP contribution in [0.2, 0.25) is 0 Å². The quantitative estimate of drug-likeness (QED) is 0.774. The summed E-state index contributed by atoms with van der Waals surface area (Å²) in [5.41, 5.74) is 2.27. The predicted octanol–water partition coefficient (Wildman–Crippen LogP) is 0.259. The van der Waals surface area contributed by atoms with Gasteiger partial charge in [-0.05, 0) is 19.1 Å². The number of amides is 2. The summed E-state index contributed by atoms with van der Waals surface area (Å²) in [5.74, 6) is 0.0609. The van der Waals surface area contributed by atoms with Crippen LogP contribution in [0.4, 0.5) is 0 Å². The minimum atomic E-state index is -0.0709. The number of hydrogen-bond donors (Lipinski definition) is 0. The van der Waals surface area contributed by atoms with Crippen molar-refractivity contribution in [3.8, 4) is 0 Å². The fourth-order valence-electron chi connectivity index (χ4n) is 3.62. The smallest absolute Gasteiger partial charge is 0.274 e. The highest BCUT2D eigenvalue weighted by atomic mass is 16.5. The molecule has 2 saturated heterocycles. The lowest BCUT2D eigenvalue weighted by Gasteiger charge is -2.36. The van der Waals surface area contributed by atoms with Gasteiger partial charge in [0.2, 0.25) is 5.91 Å². The highest BCUT2D eigenvalue weighted by Crippen LogP contribution is 2.12. The zero-order valence-electron chi connectivity index (χ0n) is 15.6. The molecule has 2 aliphatic rings. The number of aromatic nitrogens is 2. The summed E-state index contributed by atoms with van der Waals surface area (Å²) in [7, 11) is 0. The second kappa shape index (κ2) is 7.66. The molecular weight excluding hydrogens is 346 g/mol. The average Bonchev–Trinajstić information content (AvgIpc) is 3.14. The fraction of sp³-hybridized carbons (Fsp3) is 0.526. The lowest BCUT2D eigenvalue weighted by molar-refractivity contribution is -0.134. The molecule has 0 saturated carbocycles. The first-order valence-corrected chi connectivity index (χ1v) is 9.44. The van der Waals surface area contributed by atoms with Gasteiger partial charge in [0.15, 0.2) is 0 Å². The average molecular weight is 371 g/mol. The number of nitrogens with zero attached hydrogens (tertiary/aromatic N) is 5. The molecule has 8 nitrogen and oxygen atoms in total. The van der Waals surface area contributed by atoms with Gasteiger partial charge < -0.3 is 18.9 Å². The standard InChI is InChI=1S/C19H25N5O3/c1-15-3-2-4-17-20-16(13-24(15)17)19(26)23-7-5-22(6-8-23)18(25)14-21-9-11-27-12-10-21/h2-4,13H,5-12,14H2,1H3. The Morgan fingerprint density at radius 1 is 1.04 bits per heavy atom. The second-order valence-corrected chi connectivity index (χ2v) is 7.08. The molecular formula is C19H25N5O3. The maximum Gasteiger partial charge on any atom is 0.274 e. The van der Waals surface area contributed by atoms with Crippen molar-refractivity contribution in [3.05, 3.63) is 35.8 Å². The first-order chi connectivity index (χ1) is 13.1. The van der Waals surface area contributed by atoms with E-state index in [9.17, 15) is 9.59 Å². The minimum Gasteiger partial charge on any atom is -0.379 e. The van der Waals surface area contributed by atoms with Crippen LogP contribution in [0.3, 0.4) is 0 Å². The Hall–Kier alpha value is -2.45. The SMILES string of the molecule is Cc1cccc2nc(C(=O)N3CCN(C(=O)CN4CCOCC4)CC3)cn12. The number of ether oxygens (including phenoxy) is 1. The molecule has 0 aliphatic carbocycles. The Morgan fingerprint density at radius 2 is 1.74 bits per heavy atom. The molecule has 0 radical (unpaired) electrons. The number of piperazine rings is 1. The summed E-state index contributed by atoms with van der Waals surface area (Å²) in [6, 6.07) is 5.82. The van der Waals surface area contributed by atoms with Crippen molar-refractivity contribution in [1.82, 2.24) is 24.1 Å². The number of carbonyl (C=O) groups excluding carboxylic acids is 2. The van der Waals surface area contributed by atoms with Gasteiger partial charge in [-0.2, -0.15) is 0 Å². The van der Waals surface area contributed by atoms with Crippen LogP contribution in [0, 0.1) is 6.92 Å². The number of imidazole rings is 1. The molecule has 4 rings (SSSR count).